The highest BCUT2D eigenvalue weighted by Gasteiger charge is 2.39. The number of nitrogens with one attached hydrogen (secondary N) is 2. The second kappa shape index (κ2) is 11.3. The first-order chi connectivity index (χ1) is 18.0. The molecule has 3 amide bonds. The fraction of sp³-hybridized carbons (Fsp3) is 0.500. The van der Waals surface area contributed by atoms with Crippen molar-refractivity contribution in [2.45, 2.75) is 63.2 Å². The summed E-state index contributed by atoms with van der Waals surface area (Å²) in [7, 11) is 1.78. The van der Waals surface area contributed by atoms with Crippen LogP contribution in [0.2, 0.25) is 0 Å². The number of ether oxygens (including phenoxy) is 2. The van der Waals surface area contributed by atoms with Crippen molar-refractivity contribution in [3.8, 4) is 5.75 Å². The zero-order chi connectivity index (χ0) is 25.8. The topological polar surface area (TPSA) is 110 Å². The average molecular weight is 507 g/mol. The molecule has 37 heavy (non-hydrogen) atoms. The lowest BCUT2D eigenvalue weighted by Crippen LogP contribution is -2.54. The maximum absolute atomic E-state index is 13.4. The summed E-state index contributed by atoms with van der Waals surface area (Å²) in [6.07, 6.45) is 8.27. The van der Waals surface area contributed by atoms with Gasteiger partial charge in [0.15, 0.2) is 0 Å². The van der Waals surface area contributed by atoms with Crippen LogP contribution in [0.25, 0.3) is 0 Å². The van der Waals surface area contributed by atoms with Crippen LogP contribution < -0.4 is 15.4 Å². The molecule has 1 aliphatic carbocycles. The van der Waals surface area contributed by atoms with Crippen molar-refractivity contribution in [1.82, 2.24) is 15.2 Å². The number of fused-ring (bicyclic) bond motifs is 2. The lowest BCUT2D eigenvalue weighted by atomic mass is 9.85. The molecule has 1 aromatic carbocycles. The third-order valence-electron chi connectivity index (χ3n) is 7.65. The number of hydrogen-bond acceptors (Lipinski definition) is 6. The minimum Gasteiger partial charge on any atom is -0.490 e. The number of carbonyl (C=O) groups is 3. The van der Waals surface area contributed by atoms with E-state index in [9.17, 15) is 14.4 Å². The lowest BCUT2D eigenvalue weighted by molar-refractivity contribution is -0.134. The van der Waals surface area contributed by atoms with E-state index in [0.29, 0.717) is 30.0 Å². The molecule has 0 bridgehead atoms. The second-order valence-corrected chi connectivity index (χ2v) is 10.2. The van der Waals surface area contributed by atoms with Gasteiger partial charge >= 0.3 is 0 Å². The summed E-state index contributed by atoms with van der Waals surface area (Å²) in [5.74, 6) is 0.326. The maximum atomic E-state index is 13.4. The van der Waals surface area contributed by atoms with E-state index in [1.54, 1.807) is 42.5 Å². The Hall–Kier alpha value is -3.46. The Morgan fingerprint density at radius 3 is 2.68 bits per heavy atom. The first-order valence-corrected chi connectivity index (χ1v) is 13.1. The molecule has 0 unspecified atom stereocenters. The van der Waals surface area contributed by atoms with E-state index >= 15 is 0 Å². The second-order valence-electron chi connectivity index (χ2n) is 10.2. The number of anilines is 1. The molecule has 1 saturated heterocycles. The molecule has 0 spiro atoms. The predicted octanol–water partition coefficient (Wildman–Crippen LogP) is 2.95. The van der Waals surface area contributed by atoms with Gasteiger partial charge in [-0.15, -0.1) is 0 Å². The first-order valence-electron chi connectivity index (χ1n) is 13.1. The van der Waals surface area contributed by atoms with Gasteiger partial charge in [0, 0.05) is 37.6 Å². The molecular weight excluding hydrogens is 472 g/mol. The smallest absolute Gasteiger partial charge is 0.257 e. The van der Waals surface area contributed by atoms with Crippen molar-refractivity contribution < 1.29 is 23.9 Å². The van der Waals surface area contributed by atoms with Crippen LogP contribution in [0.4, 0.5) is 5.69 Å². The number of hydrogen-bond donors (Lipinski definition) is 2. The molecule has 2 aliphatic heterocycles. The van der Waals surface area contributed by atoms with Crippen LogP contribution in [-0.2, 0) is 20.7 Å². The summed E-state index contributed by atoms with van der Waals surface area (Å²) < 4.78 is 12.3. The highest BCUT2D eigenvalue weighted by Crippen LogP contribution is 2.33. The average Bonchev–Trinajstić information content (AvgIpc) is 2.86. The number of rotatable bonds is 7. The molecule has 1 saturated carbocycles. The molecule has 3 atom stereocenters. The van der Waals surface area contributed by atoms with Crippen LogP contribution in [-0.4, -0.2) is 66.1 Å². The Kier molecular flexibility index (Phi) is 7.69. The Morgan fingerprint density at radius 1 is 1.11 bits per heavy atom. The highest BCUT2D eigenvalue weighted by molar-refractivity contribution is 6.00. The van der Waals surface area contributed by atoms with E-state index < -0.39 is 0 Å². The van der Waals surface area contributed by atoms with Gasteiger partial charge < -0.3 is 25.0 Å². The Bertz CT molecular complexity index is 1140. The Morgan fingerprint density at radius 2 is 1.92 bits per heavy atom. The minimum atomic E-state index is -0.330. The number of aromatic nitrogens is 1. The number of likely N-dealkylation sites (N-methyl/N-ethyl adjacent to an activating group) is 1. The van der Waals surface area contributed by atoms with E-state index in [4.69, 9.17) is 9.47 Å². The summed E-state index contributed by atoms with van der Waals surface area (Å²) in [5.41, 5.74) is 2.16. The molecule has 1 aromatic heterocycles. The first kappa shape index (κ1) is 25.2. The Balaban J connectivity index is 1.17. The molecule has 3 aliphatic rings. The molecule has 2 aromatic rings. The van der Waals surface area contributed by atoms with Crippen LogP contribution >= 0.6 is 0 Å². The van der Waals surface area contributed by atoms with Gasteiger partial charge in [-0.05, 0) is 68.0 Å². The van der Waals surface area contributed by atoms with Gasteiger partial charge in [0.05, 0.1) is 24.1 Å². The third kappa shape index (κ3) is 5.93. The van der Waals surface area contributed by atoms with Crippen LogP contribution in [0.3, 0.4) is 0 Å². The number of nitrogens with zero attached hydrogens (tertiary/aromatic N) is 2. The molecule has 9 nitrogen and oxygen atoms in total. The van der Waals surface area contributed by atoms with E-state index in [1.165, 1.54) is 0 Å². The number of carbonyl (C=O) groups excluding carboxylic acids is 3. The van der Waals surface area contributed by atoms with Gasteiger partial charge in [0.25, 0.3) is 5.91 Å². The van der Waals surface area contributed by atoms with Crippen molar-refractivity contribution in [3.63, 3.8) is 0 Å². The minimum absolute atomic E-state index is 0.00644. The predicted molar refractivity (Wildman–Crippen MR) is 137 cm³/mol. The van der Waals surface area contributed by atoms with Gasteiger partial charge in [0.1, 0.15) is 18.5 Å². The van der Waals surface area contributed by atoms with Gasteiger partial charge in [-0.25, -0.2) is 0 Å². The lowest BCUT2D eigenvalue weighted by Gasteiger charge is -2.42. The van der Waals surface area contributed by atoms with Crippen molar-refractivity contribution in [1.29, 1.82) is 0 Å². The normalized spacial score (nSPS) is 23.4. The molecule has 196 valence electrons. The van der Waals surface area contributed by atoms with Gasteiger partial charge in [-0.3, -0.25) is 19.4 Å². The largest absolute Gasteiger partial charge is 0.490 e. The maximum Gasteiger partial charge on any atom is 0.257 e. The molecule has 0 radical (unpaired) electrons. The van der Waals surface area contributed by atoms with Crippen LogP contribution in [0.5, 0.6) is 5.75 Å². The third-order valence-corrected chi connectivity index (χ3v) is 7.65. The summed E-state index contributed by atoms with van der Waals surface area (Å²) in [6, 6.07) is 8.92. The molecule has 2 N–H and O–H groups in total. The summed E-state index contributed by atoms with van der Waals surface area (Å²) in [5, 5.41) is 5.91. The SMILES string of the molecule is CN1C(=O)c2cc(NC(=O)C3CCC3)ccc2OC[C@@H]2O[C@@H](CC(=O)NCCc3ccncc3)CC[C@@H]21. The van der Waals surface area contributed by atoms with Crippen molar-refractivity contribution in [2.24, 2.45) is 5.92 Å². The van der Waals surface area contributed by atoms with Crippen molar-refractivity contribution >= 4 is 23.4 Å². The van der Waals surface area contributed by atoms with Crippen LogP contribution in [0.1, 0.15) is 54.4 Å². The van der Waals surface area contributed by atoms with Gasteiger partial charge in [-0.2, -0.15) is 0 Å². The number of benzene rings is 1. The summed E-state index contributed by atoms with van der Waals surface area (Å²) in [6.45, 7) is 0.838. The van der Waals surface area contributed by atoms with E-state index in [-0.39, 0.29) is 54.9 Å². The summed E-state index contributed by atoms with van der Waals surface area (Å²) in [4.78, 5) is 44.0. The molecule has 2 fully saturated rings. The summed E-state index contributed by atoms with van der Waals surface area (Å²) >= 11 is 0. The molecule has 9 heteroatoms. The Labute approximate surface area is 216 Å². The fourth-order valence-electron chi connectivity index (χ4n) is 5.19. The fourth-order valence-corrected chi connectivity index (χ4v) is 5.19. The van der Waals surface area contributed by atoms with Crippen LogP contribution in [0.15, 0.2) is 42.7 Å². The van der Waals surface area contributed by atoms with Crippen LogP contribution in [0, 0.1) is 5.92 Å². The molecular formula is C28H34N4O5. The van der Waals surface area contributed by atoms with E-state index in [1.807, 2.05) is 12.1 Å². The van der Waals surface area contributed by atoms with Crippen molar-refractivity contribution in [3.05, 3.63) is 53.9 Å². The monoisotopic (exact) mass is 506 g/mol. The zero-order valence-electron chi connectivity index (χ0n) is 21.2. The number of pyridine rings is 1. The van der Waals surface area contributed by atoms with Crippen molar-refractivity contribution in [2.75, 3.05) is 25.5 Å². The zero-order valence-corrected chi connectivity index (χ0v) is 21.2. The van der Waals surface area contributed by atoms with E-state index in [2.05, 4.69) is 15.6 Å². The molecule has 3 heterocycles. The van der Waals surface area contributed by atoms with Gasteiger partial charge in [0.2, 0.25) is 11.8 Å². The standard InChI is InChI=1S/C28H34N4O5/c1-32-23-7-6-21(16-26(33)30-14-11-18-9-12-29-13-10-18)37-25(23)17-36-24-8-5-20(15-22(24)28(32)35)31-27(34)19-3-2-4-19/h5,8-10,12-13,15,19,21,23,25H,2-4,6-7,11,14,16-17H2,1H3,(H,30,33)(H,31,34)/t21-,23+,25+/m1/s1. The quantitative estimate of drug-likeness (QED) is 0.598. The highest BCUT2D eigenvalue weighted by atomic mass is 16.5. The molecule has 5 rings (SSSR count). The van der Waals surface area contributed by atoms with Gasteiger partial charge in [-0.1, -0.05) is 6.42 Å². The van der Waals surface area contributed by atoms with E-state index in [0.717, 1.165) is 37.7 Å². The number of amides is 3.